The number of carbonyl (C=O) groups excluding carboxylic acids is 1. The van der Waals surface area contributed by atoms with Crippen molar-refractivity contribution in [1.29, 1.82) is 0 Å². The summed E-state index contributed by atoms with van der Waals surface area (Å²) in [5, 5.41) is 2.09. The summed E-state index contributed by atoms with van der Waals surface area (Å²) in [5.74, 6) is 0.318. The number of likely N-dealkylation sites (N-methyl/N-ethyl adjacent to an activating group) is 1. The molecule has 0 N–H and O–H groups in total. The van der Waals surface area contributed by atoms with Crippen molar-refractivity contribution in [3.8, 4) is 0 Å². The van der Waals surface area contributed by atoms with E-state index >= 15 is 0 Å². The summed E-state index contributed by atoms with van der Waals surface area (Å²) in [6.45, 7) is 3.46. The number of hydrogen-bond donors (Lipinski definition) is 0. The Hall–Kier alpha value is -0.670. The highest BCUT2D eigenvalue weighted by molar-refractivity contribution is 7.09. The molecule has 2 nitrogen and oxygen atoms in total. The average molecular weight is 211 g/mol. The maximum atomic E-state index is 11.1. The van der Waals surface area contributed by atoms with Gasteiger partial charge >= 0.3 is 0 Å². The Morgan fingerprint density at radius 2 is 2.36 bits per heavy atom. The van der Waals surface area contributed by atoms with Gasteiger partial charge < -0.3 is 0 Å². The van der Waals surface area contributed by atoms with Crippen LogP contribution in [-0.4, -0.2) is 30.8 Å². The van der Waals surface area contributed by atoms with Gasteiger partial charge in [-0.3, -0.25) is 9.69 Å². The molecule has 0 atom stereocenters. The molecular weight excluding hydrogens is 194 g/mol. The van der Waals surface area contributed by atoms with Crippen LogP contribution in [0, 0.1) is 0 Å². The van der Waals surface area contributed by atoms with Crippen molar-refractivity contribution in [3.63, 3.8) is 0 Å². The largest absolute Gasteiger partial charge is 0.299 e. The van der Waals surface area contributed by atoms with E-state index in [0.29, 0.717) is 18.7 Å². The monoisotopic (exact) mass is 211 g/mol. The Morgan fingerprint density at radius 1 is 1.57 bits per heavy atom. The fourth-order valence-electron chi connectivity index (χ4n) is 1.25. The van der Waals surface area contributed by atoms with Crippen molar-refractivity contribution in [2.24, 2.45) is 0 Å². The molecule has 0 amide bonds. The third kappa shape index (κ3) is 4.03. The lowest BCUT2D eigenvalue weighted by Crippen LogP contribution is -2.27. The van der Waals surface area contributed by atoms with Gasteiger partial charge in [0.25, 0.3) is 0 Å². The third-order valence-corrected chi connectivity index (χ3v) is 3.10. The smallest absolute Gasteiger partial charge is 0.146 e. The van der Waals surface area contributed by atoms with Gasteiger partial charge in [0.2, 0.25) is 0 Å². The van der Waals surface area contributed by atoms with Crippen LogP contribution in [0.25, 0.3) is 0 Å². The maximum Gasteiger partial charge on any atom is 0.146 e. The zero-order valence-corrected chi connectivity index (χ0v) is 9.64. The normalized spacial score (nSPS) is 10.8. The second-order valence-corrected chi connectivity index (χ2v) is 4.49. The molecule has 0 aliphatic heterocycles. The first-order valence-electron chi connectivity index (χ1n) is 4.95. The lowest BCUT2D eigenvalue weighted by Gasteiger charge is -2.14. The Balaban J connectivity index is 2.21. The lowest BCUT2D eigenvalue weighted by molar-refractivity contribution is -0.119. The van der Waals surface area contributed by atoms with Gasteiger partial charge in [-0.15, -0.1) is 11.3 Å². The maximum absolute atomic E-state index is 11.1. The van der Waals surface area contributed by atoms with Crippen molar-refractivity contribution >= 4 is 17.1 Å². The van der Waals surface area contributed by atoms with E-state index in [9.17, 15) is 4.79 Å². The van der Waals surface area contributed by atoms with E-state index in [4.69, 9.17) is 0 Å². The van der Waals surface area contributed by atoms with Crippen LogP contribution >= 0.6 is 11.3 Å². The van der Waals surface area contributed by atoms with Crippen LogP contribution in [0.2, 0.25) is 0 Å². The highest BCUT2D eigenvalue weighted by atomic mass is 32.1. The second kappa shape index (κ2) is 5.94. The highest BCUT2D eigenvalue weighted by Crippen LogP contribution is 2.09. The predicted octanol–water partition coefficient (Wildman–Crippen LogP) is 2.20. The SMILES string of the molecule is CCC(=O)CN(C)CCc1cccs1. The van der Waals surface area contributed by atoms with Gasteiger partial charge in [-0.1, -0.05) is 13.0 Å². The van der Waals surface area contributed by atoms with Gasteiger partial charge in [-0.05, 0) is 24.9 Å². The molecular formula is C11H17NOS. The topological polar surface area (TPSA) is 20.3 Å². The number of Topliss-reactive ketones (excluding diaryl/α,β-unsaturated/α-hetero) is 1. The van der Waals surface area contributed by atoms with Gasteiger partial charge in [0.15, 0.2) is 0 Å². The minimum Gasteiger partial charge on any atom is -0.299 e. The molecule has 0 unspecified atom stereocenters. The van der Waals surface area contributed by atoms with E-state index in [-0.39, 0.29) is 0 Å². The van der Waals surface area contributed by atoms with E-state index in [1.807, 2.05) is 14.0 Å². The molecule has 0 saturated heterocycles. The Labute approximate surface area is 89.5 Å². The van der Waals surface area contributed by atoms with Gasteiger partial charge in [0.1, 0.15) is 5.78 Å². The summed E-state index contributed by atoms with van der Waals surface area (Å²) in [6, 6.07) is 4.21. The van der Waals surface area contributed by atoms with E-state index < -0.39 is 0 Å². The molecule has 78 valence electrons. The molecule has 1 aromatic rings. The molecule has 0 fully saturated rings. The van der Waals surface area contributed by atoms with Gasteiger partial charge in [-0.25, -0.2) is 0 Å². The molecule has 1 heterocycles. The zero-order chi connectivity index (χ0) is 10.4. The molecule has 1 aromatic heterocycles. The van der Waals surface area contributed by atoms with Crippen LogP contribution in [-0.2, 0) is 11.2 Å². The molecule has 0 radical (unpaired) electrons. The van der Waals surface area contributed by atoms with Crippen LogP contribution in [0.5, 0.6) is 0 Å². The van der Waals surface area contributed by atoms with Crippen molar-refractivity contribution in [3.05, 3.63) is 22.4 Å². The summed E-state index contributed by atoms with van der Waals surface area (Å²) in [6.07, 6.45) is 1.69. The average Bonchev–Trinajstić information content (AvgIpc) is 2.67. The van der Waals surface area contributed by atoms with Crippen LogP contribution in [0.15, 0.2) is 17.5 Å². The summed E-state index contributed by atoms with van der Waals surface area (Å²) in [4.78, 5) is 14.6. The molecule has 14 heavy (non-hydrogen) atoms. The first-order valence-corrected chi connectivity index (χ1v) is 5.83. The van der Waals surface area contributed by atoms with Crippen LogP contribution in [0.4, 0.5) is 0 Å². The lowest BCUT2D eigenvalue weighted by atomic mass is 10.3. The van der Waals surface area contributed by atoms with E-state index in [0.717, 1.165) is 13.0 Å². The third-order valence-electron chi connectivity index (χ3n) is 2.16. The molecule has 0 bridgehead atoms. The first-order chi connectivity index (χ1) is 6.72. The number of hydrogen-bond acceptors (Lipinski definition) is 3. The Bertz CT molecular complexity index is 269. The molecule has 0 aliphatic rings. The minimum atomic E-state index is 0.318. The van der Waals surface area contributed by atoms with Crippen molar-refractivity contribution in [1.82, 2.24) is 4.90 Å². The minimum absolute atomic E-state index is 0.318. The van der Waals surface area contributed by atoms with E-state index in [1.54, 1.807) is 11.3 Å². The fraction of sp³-hybridized carbons (Fsp3) is 0.545. The Morgan fingerprint density at radius 3 is 2.93 bits per heavy atom. The summed E-state index contributed by atoms with van der Waals surface area (Å²) in [5.41, 5.74) is 0. The van der Waals surface area contributed by atoms with Gasteiger partial charge in [-0.2, -0.15) is 0 Å². The highest BCUT2D eigenvalue weighted by Gasteiger charge is 2.04. The summed E-state index contributed by atoms with van der Waals surface area (Å²) >= 11 is 1.78. The molecule has 0 aromatic carbocycles. The molecule has 0 spiro atoms. The van der Waals surface area contributed by atoms with Crippen molar-refractivity contribution < 1.29 is 4.79 Å². The number of thiophene rings is 1. The quantitative estimate of drug-likeness (QED) is 0.719. The fourth-order valence-corrected chi connectivity index (χ4v) is 1.95. The number of nitrogens with zero attached hydrogens (tertiary/aromatic N) is 1. The summed E-state index contributed by atoms with van der Waals surface area (Å²) < 4.78 is 0. The predicted molar refractivity (Wildman–Crippen MR) is 60.8 cm³/mol. The first kappa shape index (κ1) is 11.4. The van der Waals surface area contributed by atoms with Crippen molar-refractivity contribution in [2.75, 3.05) is 20.1 Å². The molecule has 3 heteroatoms. The molecule has 0 saturated carbocycles. The van der Waals surface area contributed by atoms with Crippen LogP contribution in [0.3, 0.4) is 0 Å². The van der Waals surface area contributed by atoms with Crippen molar-refractivity contribution in [2.45, 2.75) is 19.8 Å². The van der Waals surface area contributed by atoms with Gasteiger partial charge in [0, 0.05) is 17.8 Å². The number of ketones is 1. The van der Waals surface area contributed by atoms with Crippen LogP contribution < -0.4 is 0 Å². The number of carbonyl (C=O) groups is 1. The number of rotatable bonds is 6. The van der Waals surface area contributed by atoms with E-state index in [1.165, 1.54) is 4.88 Å². The Kier molecular flexibility index (Phi) is 4.84. The van der Waals surface area contributed by atoms with Crippen LogP contribution in [0.1, 0.15) is 18.2 Å². The zero-order valence-electron chi connectivity index (χ0n) is 8.82. The molecule has 1 rings (SSSR count). The van der Waals surface area contributed by atoms with E-state index in [2.05, 4.69) is 22.4 Å². The molecule has 0 aliphatic carbocycles. The standard InChI is InChI=1S/C11H17NOS/c1-3-10(13)9-12(2)7-6-11-5-4-8-14-11/h4-5,8H,3,6-7,9H2,1-2H3. The summed E-state index contributed by atoms with van der Waals surface area (Å²) in [7, 11) is 2.00. The van der Waals surface area contributed by atoms with Gasteiger partial charge in [0.05, 0.1) is 6.54 Å². The second-order valence-electron chi connectivity index (χ2n) is 3.46.